The Balaban J connectivity index is 1.34. The minimum atomic E-state index is -0.0332. The fourth-order valence-corrected chi connectivity index (χ4v) is 3.88. The average molecular weight is 374 g/mol. The van der Waals surface area contributed by atoms with Crippen LogP contribution in [0.5, 0.6) is 0 Å². The molecule has 1 aliphatic heterocycles. The van der Waals surface area contributed by atoms with Gasteiger partial charge in [0, 0.05) is 23.7 Å². The monoisotopic (exact) mass is 374 g/mol. The van der Waals surface area contributed by atoms with Crippen molar-refractivity contribution in [2.75, 3.05) is 11.9 Å². The van der Waals surface area contributed by atoms with E-state index >= 15 is 0 Å². The first-order valence-corrected chi connectivity index (χ1v) is 9.85. The van der Waals surface area contributed by atoms with E-state index in [1.54, 1.807) is 24.3 Å². The van der Waals surface area contributed by atoms with E-state index < -0.39 is 0 Å². The third-order valence-electron chi connectivity index (χ3n) is 5.58. The number of hydrogen-bond acceptors (Lipinski definition) is 3. The van der Waals surface area contributed by atoms with E-state index in [1.807, 2.05) is 29.2 Å². The van der Waals surface area contributed by atoms with Crippen LogP contribution in [0.25, 0.3) is 11.0 Å². The number of hydrogen-bond donors (Lipinski definition) is 2. The second-order valence-electron chi connectivity index (χ2n) is 7.64. The Labute approximate surface area is 163 Å². The molecular formula is C22H22N4O2. The van der Waals surface area contributed by atoms with Crippen molar-refractivity contribution >= 4 is 28.5 Å². The first-order chi connectivity index (χ1) is 13.7. The molecule has 2 fully saturated rings. The molecule has 1 atom stereocenters. The van der Waals surface area contributed by atoms with Crippen LogP contribution in [-0.4, -0.2) is 33.2 Å². The molecule has 142 valence electrons. The molecule has 0 spiro atoms. The summed E-state index contributed by atoms with van der Waals surface area (Å²) in [6.45, 7) is 0.723. The number of para-hydroxylation sites is 2. The van der Waals surface area contributed by atoms with E-state index in [9.17, 15) is 9.59 Å². The number of nitrogens with one attached hydrogen (secondary N) is 2. The molecule has 1 unspecified atom stereocenters. The first kappa shape index (κ1) is 17.0. The van der Waals surface area contributed by atoms with E-state index in [2.05, 4.69) is 10.3 Å². The Morgan fingerprint density at radius 3 is 2.57 bits per heavy atom. The number of aromatic nitrogens is 2. The van der Waals surface area contributed by atoms with Gasteiger partial charge in [-0.2, -0.15) is 0 Å². The smallest absolute Gasteiger partial charge is 0.254 e. The lowest BCUT2D eigenvalue weighted by atomic mass is 10.1. The summed E-state index contributed by atoms with van der Waals surface area (Å²) in [5, 5.41) is 2.91. The standard InChI is InChI=1S/C22H22N4O2/c27-21(14-7-8-14)23-16-11-9-15(10-12-16)22(28)26-13-3-6-19(26)20-24-17-4-1-2-5-18(17)25-20/h1-2,4-5,9-12,14,19H,3,6-8,13H2,(H,23,27)(H,24,25). The number of carbonyl (C=O) groups is 2. The zero-order chi connectivity index (χ0) is 19.1. The van der Waals surface area contributed by atoms with Crippen molar-refractivity contribution in [1.82, 2.24) is 14.9 Å². The van der Waals surface area contributed by atoms with Crippen LogP contribution in [0.15, 0.2) is 48.5 Å². The molecule has 0 radical (unpaired) electrons. The first-order valence-electron chi connectivity index (χ1n) is 9.85. The van der Waals surface area contributed by atoms with Crippen LogP contribution in [0.3, 0.4) is 0 Å². The van der Waals surface area contributed by atoms with Crippen LogP contribution in [0, 0.1) is 5.92 Å². The molecular weight excluding hydrogens is 352 g/mol. The van der Waals surface area contributed by atoms with Crippen LogP contribution in [0.4, 0.5) is 5.69 Å². The molecule has 2 heterocycles. The normalized spacial score (nSPS) is 19.1. The predicted molar refractivity (Wildman–Crippen MR) is 107 cm³/mol. The van der Waals surface area contributed by atoms with Gasteiger partial charge in [0.1, 0.15) is 5.82 Å². The molecule has 28 heavy (non-hydrogen) atoms. The number of H-pyrrole nitrogens is 1. The molecule has 2 N–H and O–H groups in total. The Kier molecular flexibility index (Phi) is 4.11. The largest absolute Gasteiger partial charge is 0.340 e. The van der Waals surface area contributed by atoms with Crippen LogP contribution in [-0.2, 0) is 4.79 Å². The minimum absolute atomic E-state index is 0.00280. The lowest BCUT2D eigenvalue weighted by Gasteiger charge is -2.23. The van der Waals surface area contributed by atoms with E-state index in [1.165, 1.54) is 0 Å². The second-order valence-corrected chi connectivity index (χ2v) is 7.64. The molecule has 1 aliphatic carbocycles. The van der Waals surface area contributed by atoms with Gasteiger partial charge in [-0.05, 0) is 62.1 Å². The molecule has 5 rings (SSSR count). The second kappa shape index (κ2) is 6.78. The van der Waals surface area contributed by atoms with Crippen molar-refractivity contribution in [1.29, 1.82) is 0 Å². The summed E-state index contributed by atoms with van der Waals surface area (Å²) >= 11 is 0. The molecule has 1 saturated heterocycles. The van der Waals surface area contributed by atoms with Crippen LogP contribution < -0.4 is 5.32 Å². The van der Waals surface area contributed by atoms with E-state index in [-0.39, 0.29) is 23.8 Å². The molecule has 1 saturated carbocycles. The maximum Gasteiger partial charge on any atom is 0.254 e. The molecule has 6 nitrogen and oxygen atoms in total. The molecule has 1 aromatic heterocycles. The number of imidazole rings is 1. The number of amides is 2. The highest BCUT2D eigenvalue weighted by molar-refractivity contribution is 5.97. The van der Waals surface area contributed by atoms with Crippen molar-refractivity contribution in [2.45, 2.75) is 31.7 Å². The lowest BCUT2D eigenvalue weighted by molar-refractivity contribution is -0.117. The molecule has 3 aromatic rings. The maximum atomic E-state index is 13.1. The van der Waals surface area contributed by atoms with Gasteiger partial charge < -0.3 is 15.2 Å². The quantitative estimate of drug-likeness (QED) is 0.727. The van der Waals surface area contributed by atoms with Crippen LogP contribution >= 0.6 is 0 Å². The molecule has 2 amide bonds. The van der Waals surface area contributed by atoms with Crippen LogP contribution in [0.1, 0.15) is 47.9 Å². The molecule has 2 aromatic carbocycles. The van der Waals surface area contributed by atoms with Gasteiger partial charge in [0.15, 0.2) is 0 Å². The summed E-state index contributed by atoms with van der Waals surface area (Å²) in [6.07, 6.45) is 3.81. The van der Waals surface area contributed by atoms with Gasteiger partial charge >= 0.3 is 0 Å². The summed E-state index contributed by atoms with van der Waals surface area (Å²) in [5.74, 6) is 1.09. The fourth-order valence-electron chi connectivity index (χ4n) is 3.88. The summed E-state index contributed by atoms with van der Waals surface area (Å²) in [5.41, 5.74) is 3.29. The van der Waals surface area contributed by atoms with Crippen molar-refractivity contribution in [3.05, 3.63) is 59.9 Å². The number of anilines is 1. The van der Waals surface area contributed by atoms with Gasteiger partial charge in [-0.15, -0.1) is 0 Å². The molecule has 0 bridgehead atoms. The summed E-state index contributed by atoms with van der Waals surface area (Å²) < 4.78 is 0. The summed E-state index contributed by atoms with van der Waals surface area (Å²) in [4.78, 5) is 34.9. The maximum absolute atomic E-state index is 13.1. The fraction of sp³-hybridized carbons (Fsp3) is 0.318. The van der Waals surface area contributed by atoms with Gasteiger partial charge in [-0.3, -0.25) is 9.59 Å². The predicted octanol–water partition coefficient (Wildman–Crippen LogP) is 3.89. The van der Waals surface area contributed by atoms with Gasteiger partial charge in [0.25, 0.3) is 5.91 Å². The van der Waals surface area contributed by atoms with Crippen molar-refractivity contribution in [2.24, 2.45) is 5.92 Å². The third kappa shape index (κ3) is 3.15. The van der Waals surface area contributed by atoms with E-state index in [0.29, 0.717) is 5.56 Å². The topological polar surface area (TPSA) is 78.1 Å². The number of nitrogens with zero attached hydrogens (tertiary/aromatic N) is 2. The highest BCUT2D eigenvalue weighted by Gasteiger charge is 2.33. The van der Waals surface area contributed by atoms with E-state index in [0.717, 1.165) is 54.8 Å². The zero-order valence-corrected chi connectivity index (χ0v) is 15.5. The number of likely N-dealkylation sites (tertiary alicyclic amines) is 1. The number of benzene rings is 2. The Hall–Kier alpha value is -3.15. The molecule has 2 aliphatic rings. The zero-order valence-electron chi connectivity index (χ0n) is 15.5. The summed E-state index contributed by atoms with van der Waals surface area (Å²) in [6, 6.07) is 15.1. The van der Waals surface area contributed by atoms with Crippen molar-refractivity contribution in [3.63, 3.8) is 0 Å². The lowest BCUT2D eigenvalue weighted by Crippen LogP contribution is -2.31. The number of aromatic amines is 1. The minimum Gasteiger partial charge on any atom is -0.340 e. The Morgan fingerprint density at radius 1 is 1.04 bits per heavy atom. The van der Waals surface area contributed by atoms with Crippen LogP contribution in [0.2, 0.25) is 0 Å². The van der Waals surface area contributed by atoms with Gasteiger partial charge in [0.05, 0.1) is 17.1 Å². The van der Waals surface area contributed by atoms with Gasteiger partial charge in [0.2, 0.25) is 5.91 Å². The summed E-state index contributed by atoms with van der Waals surface area (Å²) in [7, 11) is 0. The number of fused-ring (bicyclic) bond motifs is 1. The van der Waals surface area contributed by atoms with Gasteiger partial charge in [-0.1, -0.05) is 12.1 Å². The van der Waals surface area contributed by atoms with Crippen molar-refractivity contribution < 1.29 is 9.59 Å². The van der Waals surface area contributed by atoms with Gasteiger partial charge in [-0.25, -0.2) is 4.98 Å². The molecule has 6 heteroatoms. The third-order valence-corrected chi connectivity index (χ3v) is 5.58. The SMILES string of the molecule is O=C(Nc1ccc(C(=O)N2CCCC2c2nc3ccccc3[nH]2)cc1)C1CC1. The average Bonchev–Trinajstić information content (AvgIpc) is 3.30. The number of carbonyl (C=O) groups excluding carboxylic acids is 2. The number of rotatable bonds is 4. The van der Waals surface area contributed by atoms with E-state index in [4.69, 9.17) is 4.98 Å². The highest BCUT2D eigenvalue weighted by atomic mass is 16.2. The Morgan fingerprint density at radius 2 is 1.82 bits per heavy atom. The highest BCUT2D eigenvalue weighted by Crippen LogP contribution is 2.33. The Bertz CT molecular complexity index is 1000. The van der Waals surface area contributed by atoms with Crippen molar-refractivity contribution in [3.8, 4) is 0 Å².